The Bertz CT molecular complexity index is 608. The molecule has 0 aromatic heterocycles. The van der Waals surface area contributed by atoms with Gasteiger partial charge in [0.2, 0.25) is 11.8 Å². The maximum Gasteiger partial charge on any atom is 0.251 e. The average Bonchev–Trinajstić information content (AvgIpc) is 2.35. The van der Waals surface area contributed by atoms with Crippen LogP contribution in [0.5, 0.6) is 0 Å². The van der Waals surface area contributed by atoms with Crippen LogP contribution < -0.4 is 16.4 Å². The van der Waals surface area contributed by atoms with Gasteiger partial charge in [0, 0.05) is 29.6 Å². The van der Waals surface area contributed by atoms with E-state index >= 15 is 0 Å². The van der Waals surface area contributed by atoms with Gasteiger partial charge < -0.3 is 16.4 Å². The zero-order chi connectivity index (χ0) is 15.6. The first-order valence-corrected chi connectivity index (χ1v) is 6.80. The van der Waals surface area contributed by atoms with Gasteiger partial charge in [-0.15, -0.1) is 0 Å². The summed E-state index contributed by atoms with van der Waals surface area (Å²) in [4.78, 5) is 34.5. The van der Waals surface area contributed by atoms with Crippen molar-refractivity contribution in [3.63, 3.8) is 0 Å². The van der Waals surface area contributed by atoms with Gasteiger partial charge in [-0.1, -0.05) is 0 Å². The number of hydrogen-bond donors (Lipinski definition) is 3. The molecule has 112 valence electrons. The average molecular weight is 289 g/mol. The summed E-state index contributed by atoms with van der Waals surface area (Å²) in [5, 5.41) is 5.56. The summed E-state index contributed by atoms with van der Waals surface area (Å²) in [7, 11) is 0. The minimum absolute atomic E-state index is 0.0118. The Morgan fingerprint density at radius 2 is 2.05 bits per heavy atom. The van der Waals surface area contributed by atoms with Crippen molar-refractivity contribution in [2.45, 2.75) is 38.6 Å². The largest absolute Gasteiger partial charge is 0.370 e. The molecule has 1 aromatic carbocycles. The topological polar surface area (TPSA) is 101 Å². The molecule has 1 aromatic rings. The summed E-state index contributed by atoms with van der Waals surface area (Å²) in [6.07, 6.45) is 1.11. The molecular weight excluding hydrogens is 270 g/mol. The third-order valence-corrected chi connectivity index (χ3v) is 3.33. The number of rotatable bonds is 4. The van der Waals surface area contributed by atoms with Crippen LogP contribution in [0.25, 0.3) is 0 Å². The molecule has 2 rings (SSSR count). The van der Waals surface area contributed by atoms with E-state index in [1.54, 1.807) is 32.0 Å². The summed E-state index contributed by atoms with van der Waals surface area (Å²) in [5.41, 5.74) is 6.66. The Hall–Kier alpha value is -2.37. The Labute approximate surface area is 123 Å². The van der Waals surface area contributed by atoms with E-state index < -0.39 is 11.4 Å². The highest BCUT2D eigenvalue weighted by Gasteiger charge is 2.24. The van der Waals surface area contributed by atoms with Gasteiger partial charge in [0.15, 0.2) is 0 Å². The molecule has 6 heteroatoms. The molecule has 0 saturated carbocycles. The third kappa shape index (κ3) is 3.81. The number of aryl methyl sites for hydroxylation is 1. The number of fused-ring (bicyclic) bond motifs is 1. The van der Waals surface area contributed by atoms with E-state index in [-0.39, 0.29) is 18.2 Å². The molecule has 0 unspecified atom stereocenters. The van der Waals surface area contributed by atoms with Gasteiger partial charge in [0.25, 0.3) is 5.91 Å². The Morgan fingerprint density at radius 3 is 2.71 bits per heavy atom. The Balaban J connectivity index is 2.13. The van der Waals surface area contributed by atoms with Crippen molar-refractivity contribution in [1.29, 1.82) is 0 Å². The molecular formula is C15H19N3O3. The summed E-state index contributed by atoms with van der Waals surface area (Å²) >= 11 is 0. The van der Waals surface area contributed by atoms with Crippen molar-refractivity contribution in [3.05, 3.63) is 29.3 Å². The Kier molecular flexibility index (Phi) is 3.97. The normalized spacial score (nSPS) is 14.1. The first-order valence-electron chi connectivity index (χ1n) is 6.80. The lowest BCUT2D eigenvalue weighted by molar-refractivity contribution is -0.119. The molecule has 21 heavy (non-hydrogen) atoms. The van der Waals surface area contributed by atoms with Crippen LogP contribution in [0.2, 0.25) is 0 Å². The lowest BCUT2D eigenvalue weighted by atomic mass is 9.97. The fraction of sp³-hybridized carbons (Fsp3) is 0.400. The van der Waals surface area contributed by atoms with E-state index in [0.29, 0.717) is 18.4 Å². The molecule has 4 N–H and O–H groups in total. The van der Waals surface area contributed by atoms with E-state index in [2.05, 4.69) is 10.6 Å². The number of benzene rings is 1. The van der Waals surface area contributed by atoms with Crippen molar-refractivity contribution < 1.29 is 14.4 Å². The van der Waals surface area contributed by atoms with Gasteiger partial charge in [-0.2, -0.15) is 0 Å². The van der Waals surface area contributed by atoms with E-state index in [1.165, 1.54) is 0 Å². The van der Waals surface area contributed by atoms with Gasteiger partial charge in [-0.05, 0) is 44.0 Å². The number of carbonyl (C=O) groups is 3. The number of anilines is 1. The van der Waals surface area contributed by atoms with E-state index in [1.807, 2.05) is 0 Å². The molecule has 0 saturated heterocycles. The molecule has 0 spiro atoms. The lowest BCUT2D eigenvalue weighted by Crippen LogP contribution is -2.46. The number of nitrogens with two attached hydrogens (primary N) is 1. The summed E-state index contributed by atoms with van der Waals surface area (Å²) in [6.45, 7) is 3.49. The van der Waals surface area contributed by atoms with Crippen LogP contribution in [0.4, 0.5) is 5.69 Å². The minimum atomic E-state index is -0.701. The highest BCUT2D eigenvalue weighted by Crippen LogP contribution is 2.23. The highest BCUT2D eigenvalue weighted by molar-refractivity contribution is 5.98. The summed E-state index contributed by atoms with van der Waals surface area (Å²) in [6, 6.07) is 5.15. The quantitative estimate of drug-likeness (QED) is 0.769. The number of amides is 3. The molecule has 0 radical (unpaired) electrons. The second-order valence-corrected chi connectivity index (χ2v) is 5.90. The van der Waals surface area contributed by atoms with E-state index in [0.717, 1.165) is 11.3 Å². The van der Waals surface area contributed by atoms with Crippen LogP contribution in [0.1, 0.15) is 42.6 Å². The smallest absolute Gasteiger partial charge is 0.251 e. The zero-order valence-corrected chi connectivity index (χ0v) is 12.2. The van der Waals surface area contributed by atoms with Gasteiger partial charge >= 0.3 is 0 Å². The van der Waals surface area contributed by atoms with Crippen molar-refractivity contribution in [2.24, 2.45) is 5.73 Å². The lowest BCUT2D eigenvalue weighted by Gasteiger charge is -2.25. The van der Waals surface area contributed by atoms with Gasteiger partial charge in [-0.3, -0.25) is 14.4 Å². The van der Waals surface area contributed by atoms with Crippen molar-refractivity contribution in [1.82, 2.24) is 5.32 Å². The maximum atomic E-state index is 12.2. The molecule has 1 heterocycles. The molecule has 3 amide bonds. The third-order valence-electron chi connectivity index (χ3n) is 3.33. The van der Waals surface area contributed by atoms with Crippen molar-refractivity contribution in [2.75, 3.05) is 5.32 Å². The monoisotopic (exact) mass is 289 g/mol. The number of carbonyl (C=O) groups excluding carboxylic acids is 3. The van der Waals surface area contributed by atoms with Crippen LogP contribution >= 0.6 is 0 Å². The highest BCUT2D eigenvalue weighted by atomic mass is 16.2. The predicted molar refractivity (Wildman–Crippen MR) is 78.7 cm³/mol. The van der Waals surface area contributed by atoms with Crippen LogP contribution in [-0.4, -0.2) is 23.3 Å². The number of hydrogen-bond acceptors (Lipinski definition) is 3. The van der Waals surface area contributed by atoms with Crippen molar-refractivity contribution in [3.8, 4) is 0 Å². The van der Waals surface area contributed by atoms with Crippen LogP contribution in [-0.2, 0) is 16.0 Å². The standard InChI is InChI=1S/C15H19N3O3/c1-15(2,8-12(16)19)18-14(21)10-3-5-11-9(7-10)4-6-13(20)17-11/h3,5,7H,4,6,8H2,1-2H3,(H2,16,19)(H,17,20)(H,18,21). The zero-order valence-electron chi connectivity index (χ0n) is 12.2. The Morgan fingerprint density at radius 1 is 1.33 bits per heavy atom. The fourth-order valence-electron chi connectivity index (χ4n) is 2.38. The first kappa shape index (κ1) is 15.0. The number of nitrogens with one attached hydrogen (secondary N) is 2. The summed E-state index contributed by atoms with van der Waals surface area (Å²) < 4.78 is 0. The summed E-state index contributed by atoms with van der Waals surface area (Å²) in [5.74, 6) is -0.739. The van der Waals surface area contributed by atoms with E-state index in [9.17, 15) is 14.4 Å². The first-order chi connectivity index (χ1) is 9.77. The SMILES string of the molecule is CC(C)(CC(N)=O)NC(=O)c1ccc2c(c1)CCC(=O)N2. The van der Waals surface area contributed by atoms with Crippen LogP contribution in [0.15, 0.2) is 18.2 Å². The fourth-order valence-corrected chi connectivity index (χ4v) is 2.38. The van der Waals surface area contributed by atoms with Gasteiger partial charge in [0.1, 0.15) is 0 Å². The second kappa shape index (κ2) is 5.55. The van der Waals surface area contributed by atoms with Crippen LogP contribution in [0, 0.1) is 0 Å². The predicted octanol–water partition coefficient (Wildman–Crippen LogP) is 0.955. The van der Waals surface area contributed by atoms with Gasteiger partial charge in [-0.25, -0.2) is 0 Å². The van der Waals surface area contributed by atoms with E-state index in [4.69, 9.17) is 5.73 Å². The van der Waals surface area contributed by atoms with Gasteiger partial charge in [0.05, 0.1) is 0 Å². The van der Waals surface area contributed by atoms with Crippen LogP contribution in [0.3, 0.4) is 0 Å². The molecule has 0 bridgehead atoms. The molecule has 1 aliphatic rings. The molecule has 0 atom stereocenters. The molecule has 1 aliphatic heterocycles. The molecule has 6 nitrogen and oxygen atoms in total. The molecule has 0 fully saturated rings. The second-order valence-electron chi connectivity index (χ2n) is 5.90. The minimum Gasteiger partial charge on any atom is -0.370 e. The van der Waals surface area contributed by atoms with Crippen molar-refractivity contribution >= 4 is 23.4 Å². The molecule has 0 aliphatic carbocycles. The maximum absolute atomic E-state index is 12.2. The number of primary amides is 1.